The monoisotopic (exact) mass is 438 g/mol. The minimum absolute atomic E-state index is 0.00360. The van der Waals surface area contributed by atoms with Crippen LogP contribution in [0.5, 0.6) is 11.5 Å². The van der Waals surface area contributed by atoms with E-state index in [0.29, 0.717) is 17.1 Å². The van der Waals surface area contributed by atoms with Crippen molar-refractivity contribution in [2.45, 2.75) is 26.7 Å². The number of hydrogen-bond donors (Lipinski definition) is 0. The number of benzene rings is 2. The fourth-order valence-corrected chi connectivity index (χ4v) is 2.79. The maximum atomic E-state index is 12.1. The highest BCUT2D eigenvalue weighted by Crippen LogP contribution is 2.32. The standard InChI is InChI=1S/C22H19BrN2O3/c1-14(2)19-10-20(23)15(3)8-21(19)27-13-22(26)28-18-6-4-16(5-7-18)9-17(11-24)12-25/h4-10,14H,13H2,1-3H3. The summed E-state index contributed by atoms with van der Waals surface area (Å²) in [7, 11) is 0. The van der Waals surface area contributed by atoms with Gasteiger partial charge in [-0.25, -0.2) is 4.79 Å². The van der Waals surface area contributed by atoms with Gasteiger partial charge in [0, 0.05) is 4.47 Å². The van der Waals surface area contributed by atoms with E-state index in [1.807, 2.05) is 19.1 Å². The predicted molar refractivity (Wildman–Crippen MR) is 110 cm³/mol. The van der Waals surface area contributed by atoms with Gasteiger partial charge in [0.15, 0.2) is 6.61 Å². The Morgan fingerprint density at radius 2 is 1.82 bits per heavy atom. The number of nitrogens with zero attached hydrogens (tertiary/aromatic N) is 2. The lowest BCUT2D eigenvalue weighted by Gasteiger charge is -2.15. The van der Waals surface area contributed by atoms with E-state index in [-0.39, 0.29) is 18.1 Å². The lowest BCUT2D eigenvalue weighted by atomic mass is 10.0. The summed E-state index contributed by atoms with van der Waals surface area (Å²) in [5.74, 6) is 0.745. The van der Waals surface area contributed by atoms with E-state index in [4.69, 9.17) is 20.0 Å². The third-order valence-corrected chi connectivity index (χ3v) is 4.78. The van der Waals surface area contributed by atoms with E-state index < -0.39 is 5.97 Å². The molecule has 2 rings (SSSR count). The van der Waals surface area contributed by atoms with Crippen LogP contribution in [0.3, 0.4) is 0 Å². The van der Waals surface area contributed by atoms with Crippen LogP contribution in [-0.4, -0.2) is 12.6 Å². The van der Waals surface area contributed by atoms with E-state index in [9.17, 15) is 4.79 Å². The van der Waals surface area contributed by atoms with Crippen molar-refractivity contribution < 1.29 is 14.3 Å². The normalized spacial score (nSPS) is 9.96. The van der Waals surface area contributed by atoms with E-state index in [0.717, 1.165) is 15.6 Å². The Kier molecular flexibility index (Phi) is 7.37. The molecule has 2 aromatic carbocycles. The quantitative estimate of drug-likeness (QED) is 0.347. The number of hydrogen-bond acceptors (Lipinski definition) is 5. The van der Waals surface area contributed by atoms with Gasteiger partial charge in [0.1, 0.15) is 29.2 Å². The van der Waals surface area contributed by atoms with Gasteiger partial charge >= 0.3 is 5.97 Å². The number of esters is 1. The van der Waals surface area contributed by atoms with Gasteiger partial charge in [0.25, 0.3) is 0 Å². The number of carbonyl (C=O) groups excluding carboxylic acids is 1. The number of carbonyl (C=O) groups is 1. The van der Waals surface area contributed by atoms with Gasteiger partial charge in [-0.15, -0.1) is 0 Å². The van der Waals surface area contributed by atoms with Gasteiger partial charge in [0.05, 0.1) is 0 Å². The molecule has 0 aromatic heterocycles. The summed E-state index contributed by atoms with van der Waals surface area (Å²) in [6, 6.07) is 14.0. The first-order chi connectivity index (χ1) is 13.3. The number of ether oxygens (including phenoxy) is 2. The highest BCUT2D eigenvalue weighted by molar-refractivity contribution is 9.10. The summed E-state index contributed by atoms with van der Waals surface area (Å²) in [6.45, 7) is 5.86. The fraction of sp³-hybridized carbons (Fsp3) is 0.227. The SMILES string of the molecule is Cc1cc(OCC(=O)Oc2ccc(C=C(C#N)C#N)cc2)c(C(C)C)cc1Br. The largest absolute Gasteiger partial charge is 0.482 e. The fourth-order valence-electron chi connectivity index (χ4n) is 2.43. The summed E-state index contributed by atoms with van der Waals surface area (Å²) >= 11 is 3.52. The van der Waals surface area contributed by atoms with Crippen molar-refractivity contribution >= 4 is 28.0 Å². The molecule has 0 unspecified atom stereocenters. The molecule has 6 heteroatoms. The first-order valence-corrected chi connectivity index (χ1v) is 9.38. The molecule has 0 spiro atoms. The zero-order valence-electron chi connectivity index (χ0n) is 15.8. The van der Waals surface area contributed by atoms with Crippen LogP contribution in [0.25, 0.3) is 6.08 Å². The molecule has 0 heterocycles. The molecule has 5 nitrogen and oxygen atoms in total. The summed E-state index contributed by atoms with van der Waals surface area (Å²) in [5, 5.41) is 17.5. The van der Waals surface area contributed by atoms with Crippen LogP contribution in [-0.2, 0) is 4.79 Å². The molecule has 0 amide bonds. The minimum Gasteiger partial charge on any atom is -0.482 e. The van der Waals surface area contributed by atoms with E-state index in [1.165, 1.54) is 6.08 Å². The molecule has 0 saturated heterocycles. The summed E-state index contributed by atoms with van der Waals surface area (Å²) in [6.07, 6.45) is 1.46. The maximum Gasteiger partial charge on any atom is 0.349 e. The Bertz CT molecular complexity index is 965. The van der Waals surface area contributed by atoms with Crippen molar-refractivity contribution in [2.75, 3.05) is 6.61 Å². The number of rotatable bonds is 6. The highest BCUT2D eigenvalue weighted by atomic mass is 79.9. The van der Waals surface area contributed by atoms with Gasteiger partial charge < -0.3 is 9.47 Å². The Morgan fingerprint density at radius 1 is 1.18 bits per heavy atom. The van der Waals surface area contributed by atoms with Crippen LogP contribution >= 0.6 is 15.9 Å². The molecule has 0 bridgehead atoms. The molecule has 142 valence electrons. The zero-order chi connectivity index (χ0) is 20.7. The number of halogens is 1. The first kappa shape index (κ1) is 21.2. The van der Waals surface area contributed by atoms with Crippen LogP contribution in [0.2, 0.25) is 0 Å². The molecule has 28 heavy (non-hydrogen) atoms. The van der Waals surface area contributed by atoms with E-state index in [2.05, 4.69) is 29.8 Å². The first-order valence-electron chi connectivity index (χ1n) is 8.59. The lowest BCUT2D eigenvalue weighted by Crippen LogP contribution is -2.18. The molecule has 0 radical (unpaired) electrons. The van der Waals surface area contributed by atoms with Crippen molar-refractivity contribution in [3.8, 4) is 23.6 Å². The van der Waals surface area contributed by atoms with Gasteiger partial charge in [-0.1, -0.05) is 41.9 Å². The van der Waals surface area contributed by atoms with Crippen molar-refractivity contribution in [3.63, 3.8) is 0 Å². The van der Waals surface area contributed by atoms with Gasteiger partial charge in [-0.3, -0.25) is 0 Å². The predicted octanol–water partition coefficient (Wildman–Crippen LogP) is 5.30. The topological polar surface area (TPSA) is 83.1 Å². The highest BCUT2D eigenvalue weighted by Gasteiger charge is 2.13. The molecular weight excluding hydrogens is 420 g/mol. The van der Waals surface area contributed by atoms with Crippen molar-refractivity contribution in [2.24, 2.45) is 0 Å². The molecule has 0 aliphatic rings. The second-order valence-corrected chi connectivity index (χ2v) is 7.26. The molecule has 0 N–H and O–H groups in total. The minimum atomic E-state index is -0.520. The molecule has 0 saturated carbocycles. The van der Waals surface area contributed by atoms with Gasteiger partial charge in [-0.05, 0) is 59.9 Å². The Balaban J connectivity index is 2.02. The van der Waals surface area contributed by atoms with Crippen molar-refractivity contribution in [1.82, 2.24) is 0 Å². The summed E-state index contributed by atoms with van der Waals surface area (Å²) in [4.78, 5) is 12.1. The second-order valence-electron chi connectivity index (χ2n) is 6.41. The second kappa shape index (κ2) is 9.73. The molecule has 0 atom stereocenters. The van der Waals surface area contributed by atoms with E-state index >= 15 is 0 Å². The molecular formula is C22H19BrN2O3. The smallest absolute Gasteiger partial charge is 0.349 e. The van der Waals surface area contributed by atoms with Crippen LogP contribution < -0.4 is 9.47 Å². The Hall–Kier alpha value is -3.09. The van der Waals surface area contributed by atoms with Gasteiger partial charge in [0.2, 0.25) is 0 Å². The van der Waals surface area contributed by atoms with Crippen molar-refractivity contribution in [1.29, 1.82) is 10.5 Å². The average molecular weight is 439 g/mol. The molecule has 0 aliphatic carbocycles. The zero-order valence-corrected chi connectivity index (χ0v) is 17.4. The van der Waals surface area contributed by atoms with Crippen molar-refractivity contribution in [3.05, 3.63) is 63.1 Å². The Morgan fingerprint density at radius 3 is 2.39 bits per heavy atom. The average Bonchev–Trinajstić information content (AvgIpc) is 2.67. The summed E-state index contributed by atoms with van der Waals surface area (Å²) in [5.41, 5.74) is 2.70. The lowest BCUT2D eigenvalue weighted by molar-refractivity contribution is -0.136. The number of nitriles is 2. The third kappa shape index (κ3) is 5.70. The van der Waals surface area contributed by atoms with Crippen LogP contribution in [0.1, 0.15) is 36.5 Å². The summed E-state index contributed by atoms with van der Waals surface area (Å²) < 4.78 is 12.0. The van der Waals surface area contributed by atoms with Crippen LogP contribution in [0.4, 0.5) is 0 Å². The number of aryl methyl sites for hydroxylation is 1. The third-order valence-electron chi connectivity index (χ3n) is 3.92. The van der Waals surface area contributed by atoms with E-state index in [1.54, 1.807) is 36.4 Å². The van der Waals surface area contributed by atoms with Crippen LogP contribution in [0, 0.1) is 29.6 Å². The number of allylic oxidation sites excluding steroid dienone is 1. The van der Waals surface area contributed by atoms with Crippen LogP contribution in [0.15, 0.2) is 46.4 Å². The molecule has 2 aromatic rings. The molecule has 0 fully saturated rings. The maximum absolute atomic E-state index is 12.1. The van der Waals surface area contributed by atoms with Gasteiger partial charge in [-0.2, -0.15) is 10.5 Å². The molecule has 0 aliphatic heterocycles. The Labute approximate surface area is 172 Å².